The van der Waals surface area contributed by atoms with Crippen LogP contribution in [0.15, 0.2) is 41.6 Å². The van der Waals surface area contributed by atoms with Gasteiger partial charge in [0.05, 0.1) is 15.6 Å². The fourth-order valence-corrected chi connectivity index (χ4v) is 3.84. The van der Waals surface area contributed by atoms with Crippen molar-refractivity contribution in [3.05, 3.63) is 67.7 Å². The number of halogens is 2. The average Bonchev–Trinajstić information content (AvgIpc) is 3.16. The van der Waals surface area contributed by atoms with Crippen molar-refractivity contribution in [3.8, 4) is 0 Å². The lowest BCUT2D eigenvalue weighted by molar-refractivity contribution is -0.384. The maximum Gasteiger partial charge on any atom is 0.278 e. The number of fused-ring (bicyclic) bond motifs is 1. The van der Waals surface area contributed by atoms with Crippen molar-refractivity contribution in [1.82, 2.24) is 0 Å². The van der Waals surface area contributed by atoms with E-state index in [-0.39, 0.29) is 22.1 Å². The van der Waals surface area contributed by atoms with E-state index in [1.54, 1.807) is 19.1 Å². The Kier molecular flexibility index (Phi) is 4.32. The fraction of sp³-hybridized carbons (Fsp3) is 0.167. The smallest absolute Gasteiger partial charge is 0.278 e. The Hall–Kier alpha value is -2.97. The molecule has 2 aromatic rings. The molecule has 2 heterocycles. The van der Waals surface area contributed by atoms with Crippen LogP contribution in [0.2, 0.25) is 10.0 Å². The summed E-state index contributed by atoms with van der Waals surface area (Å²) in [6.45, 7) is 1.59. The Balaban J connectivity index is 1.72. The molecule has 2 aliphatic heterocycles. The summed E-state index contributed by atoms with van der Waals surface area (Å²) in [4.78, 5) is 42.5. The van der Waals surface area contributed by atoms with Gasteiger partial charge in [-0.2, -0.15) is 0 Å². The predicted octanol–water partition coefficient (Wildman–Crippen LogP) is 3.50. The Morgan fingerprint density at radius 2 is 1.89 bits per heavy atom. The molecule has 0 saturated carbocycles. The van der Waals surface area contributed by atoms with Gasteiger partial charge in [-0.15, -0.1) is 0 Å². The van der Waals surface area contributed by atoms with Gasteiger partial charge in [-0.05, 0) is 30.7 Å². The first-order valence-corrected chi connectivity index (χ1v) is 8.87. The first-order chi connectivity index (χ1) is 13.3. The minimum Gasteiger partial charge on any atom is -0.381 e. The number of anilines is 1. The number of oxime groups is 1. The number of non-ortho nitro benzene ring substituents is 1. The Morgan fingerprint density at radius 1 is 1.14 bits per heavy atom. The summed E-state index contributed by atoms with van der Waals surface area (Å²) in [6, 6.07) is 8.62. The molecule has 0 aliphatic carbocycles. The van der Waals surface area contributed by atoms with Crippen LogP contribution in [0.3, 0.4) is 0 Å². The number of imide groups is 1. The standard InChI is InChI=1S/C18H11Cl2N3O5/c1-8-6-10(23(26)27)3-5-13(8)22-17(24)14-15(21-28-16(14)18(22)25)11-4-2-9(19)7-12(11)20/h2-7,14,16H,1H3/t14-,16+/m0/s1. The van der Waals surface area contributed by atoms with E-state index in [1.165, 1.54) is 24.3 Å². The molecular formula is C18H11Cl2N3O5. The van der Waals surface area contributed by atoms with Crippen molar-refractivity contribution < 1.29 is 19.3 Å². The molecule has 0 unspecified atom stereocenters. The van der Waals surface area contributed by atoms with Gasteiger partial charge in [0.2, 0.25) is 12.0 Å². The van der Waals surface area contributed by atoms with Crippen LogP contribution < -0.4 is 4.90 Å². The quantitative estimate of drug-likeness (QED) is 0.430. The molecule has 2 atom stereocenters. The molecule has 0 N–H and O–H groups in total. The average molecular weight is 420 g/mol. The number of hydrogen-bond acceptors (Lipinski definition) is 6. The lowest BCUT2D eigenvalue weighted by atomic mass is 9.94. The van der Waals surface area contributed by atoms with Crippen LogP contribution in [0, 0.1) is 23.0 Å². The van der Waals surface area contributed by atoms with Gasteiger partial charge in [0, 0.05) is 22.7 Å². The monoisotopic (exact) mass is 419 g/mol. The van der Waals surface area contributed by atoms with E-state index in [1.807, 2.05) is 0 Å². The highest BCUT2D eigenvalue weighted by atomic mass is 35.5. The lowest BCUT2D eigenvalue weighted by Gasteiger charge is -2.17. The largest absolute Gasteiger partial charge is 0.381 e. The summed E-state index contributed by atoms with van der Waals surface area (Å²) in [5, 5.41) is 15.5. The third kappa shape index (κ3) is 2.73. The molecule has 4 rings (SSSR count). The minimum atomic E-state index is -1.11. The van der Waals surface area contributed by atoms with Crippen LogP contribution in [0.1, 0.15) is 11.1 Å². The molecule has 0 spiro atoms. The molecule has 2 aromatic carbocycles. The number of nitrogens with zero attached hydrogens (tertiary/aromatic N) is 3. The van der Waals surface area contributed by atoms with Crippen LogP contribution in [-0.2, 0) is 14.4 Å². The number of nitro groups is 1. The van der Waals surface area contributed by atoms with Crippen LogP contribution in [-0.4, -0.2) is 28.6 Å². The summed E-state index contributed by atoms with van der Waals surface area (Å²) in [6.07, 6.45) is -1.11. The predicted molar refractivity (Wildman–Crippen MR) is 102 cm³/mol. The molecule has 142 valence electrons. The second-order valence-corrected chi connectivity index (χ2v) is 7.19. The first kappa shape index (κ1) is 18.4. The molecule has 28 heavy (non-hydrogen) atoms. The van der Waals surface area contributed by atoms with Crippen molar-refractivity contribution in [3.63, 3.8) is 0 Å². The highest BCUT2D eigenvalue weighted by Crippen LogP contribution is 2.38. The van der Waals surface area contributed by atoms with Crippen molar-refractivity contribution >= 4 is 52.1 Å². The van der Waals surface area contributed by atoms with Crippen LogP contribution >= 0.6 is 23.2 Å². The molecule has 1 saturated heterocycles. The van der Waals surface area contributed by atoms with Crippen LogP contribution in [0.5, 0.6) is 0 Å². The van der Waals surface area contributed by atoms with Gasteiger partial charge in [0.15, 0.2) is 0 Å². The van der Waals surface area contributed by atoms with Crippen molar-refractivity contribution in [2.45, 2.75) is 13.0 Å². The number of nitro benzene ring substituents is 1. The van der Waals surface area contributed by atoms with E-state index in [0.717, 1.165) is 4.90 Å². The van der Waals surface area contributed by atoms with Crippen molar-refractivity contribution in [2.24, 2.45) is 11.1 Å². The maximum absolute atomic E-state index is 13.1. The number of rotatable bonds is 3. The maximum atomic E-state index is 13.1. The highest BCUT2D eigenvalue weighted by Gasteiger charge is 2.56. The van der Waals surface area contributed by atoms with Crippen LogP contribution in [0.25, 0.3) is 0 Å². The topological polar surface area (TPSA) is 102 Å². The van der Waals surface area contributed by atoms with E-state index in [2.05, 4.69) is 5.16 Å². The molecular weight excluding hydrogens is 409 g/mol. The molecule has 0 bridgehead atoms. The molecule has 1 fully saturated rings. The zero-order valence-electron chi connectivity index (χ0n) is 14.3. The number of carbonyl (C=O) groups is 2. The molecule has 2 aliphatic rings. The van der Waals surface area contributed by atoms with E-state index in [0.29, 0.717) is 16.1 Å². The van der Waals surface area contributed by atoms with Gasteiger partial charge < -0.3 is 4.84 Å². The van der Waals surface area contributed by atoms with E-state index < -0.39 is 28.8 Å². The van der Waals surface area contributed by atoms with Gasteiger partial charge in [-0.25, -0.2) is 4.90 Å². The summed E-state index contributed by atoms with van der Waals surface area (Å²) in [5.41, 5.74) is 1.24. The summed E-state index contributed by atoms with van der Waals surface area (Å²) in [5.74, 6) is -2.08. The van der Waals surface area contributed by atoms with E-state index >= 15 is 0 Å². The Labute approximate surface area is 168 Å². The lowest BCUT2D eigenvalue weighted by Crippen LogP contribution is -2.33. The summed E-state index contributed by atoms with van der Waals surface area (Å²) in [7, 11) is 0. The van der Waals surface area contributed by atoms with Gasteiger partial charge in [-0.3, -0.25) is 19.7 Å². The van der Waals surface area contributed by atoms with E-state index in [9.17, 15) is 19.7 Å². The third-order valence-corrected chi connectivity index (χ3v) is 5.20. The summed E-state index contributed by atoms with van der Waals surface area (Å²) < 4.78 is 0. The zero-order valence-corrected chi connectivity index (χ0v) is 15.8. The highest BCUT2D eigenvalue weighted by molar-refractivity contribution is 6.39. The molecule has 2 amide bonds. The van der Waals surface area contributed by atoms with Crippen molar-refractivity contribution in [2.75, 3.05) is 4.90 Å². The van der Waals surface area contributed by atoms with Gasteiger partial charge in [0.1, 0.15) is 11.6 Å². The Bertz CT molecular complexity index is 1080. The first-order valence-electron chi connectivity index (χ1n) is 8.11. The third-order valence-electron chi connectivity index (χ3n) is 4.65. The number of aryl methyl sites for hydroxylation is 1. The minimum absolute atomic E-state index is 0.132. The Morgan fingerprint density at radius 3 is 2.54 bits per heavy atom. The van der Waals surface area contributed by atoms with Gasteiger partial charge in [-0.1, -0.05) is 34.4 Å². The second kappa shape index (κ2) is 6.57. The van der Waals surface area contributed by atoms with E-state index in [4.69, 9.17) is 28.0 Å². The molecule has 0 aromatic heterocycles. The van der Waals surface area contributed by atoms with Crippen molar-refractivity contribution in [1.29, 1.82) is 0 Å². The fourth-order valence-electron chi connectivity index (χ4n) is 3.34. The van der Waals surface area contributed by atoms with Gasteiger partial charge >= 0.3 is 0 Å². The zero-order chi connectivity index (χ0) is 20.2. The summed E-state index contributed by atoms with van der Waals surface area (Å²) >= 11 is 12.1. The van der Waals surface area contributed by atoms with Gasteiger partial charge in [0.25, 0.3) is 11.6 Å². The number of carbonyl (C=O) groups excluding carboxylic acids is 2. The molecule has 10 heteroatoms. The SMILES string of the molecule is Cc1cc([N+](=O)[O-])ccc1N1C(=O)[C@H]2C(c3ccc(Cl)cc3Cl)=NO[C@H]2C1=O. The number of amides is 2. The van der Waals surface area contributed by atoms with Crippen LogP contribution in [0.4, 0.5) is 11.4 Å². The number of benzene rings is 2. The molecule has 8 nitrogen and oxygen atoms in total. The molecule has 0 radical (unpaired) electrons. The second-order valence-electron chi connectivity index (χ2n) is 6.34. The normalized spacial score (nSPS) is 20.8. The number of hydrogen-bond donors (Lipinski definition) is 0.